The third kappa shape index (κ3) is 3.75. The van der Waals surface area contributed by atoms with Gasteiger partial charge in [0.1, 0.15) is 11.6 Å². The highest BCUT2D eigenvalue weighted by atomic mass is 19.1. The lowest BCUT2D eigenvalue weighted by atomic mass is 9.75. The van der Waals surface area contributed by atoms with E-state index in [0.29, 0.717) is 25.3 Å². The number of amides is 1. The first-order valence-corrected chi connectivity index (χ1v) is 11.2. The zero-order valence-electron chi connectivity index (χ0n) is 18.4. The first-order chi connectivity index (χ1) is 14.8. The van der Waals surface area contributed by atoms with E-state index < -0.39 is 11.3 Å². The van der Waals surface area contributed by atoms with Crippen LogP contribution in [0.5, 0.6) is 5.75 Å². The highest BCUT2D eigenvalue weighted by Crippen LogP contribution is 2.44. The maximum atomic E-state index is 14.4. The second-order valence-electron chi connectivity index (χ2n) is 9.14. The third-order valence-electron chi connectivity index (χ3n) is 6.93. The molecule has 0 unspecified atom stereocenters. The number of aromatic nitrogens is 2. The predicted octanol–water partition coefficient (Wildman–Crippen LogP) is 3.57. The van der Waals surface area contributed by atoms with E-state index in [0.717, 1.165) is 43.2 Å². The van der Waals surface area contributed by atoms with E-state index in [9.17, 15) is 19.1 Å². The highest BCUT2D eigenvalue weighted by Gasteiger charge is 2.39. The van der Waals surface area contributed by atoms with Crippen LogP contribution in [0.1, 0.15) is 73.9 Å². The molecule has 1 aromatic heterocycles. The molecule has 0 radical (unpaired) electrons. The van der Waals surface area contributed by atoms with Crippen molar-refractivity contribution < 1.29 is 14.3 Å². The molecule has 1 aliphatic heterocycles. The van der Waals surface area contributed by atoms with Crippen LogP contribution in [0.15, 0.2) is 23.0 Å². The summed E-state index contributed by atoms with van der Waals surface area (Å²) < 4.78 is 16.1. The Bertz CT molecular complexity index is 1070. The summed E-state index contributed by atoms with van der Waals surface area (Å²) in [6.45, 7) is 6.78. The van der Waals surface area contributed by atoms with Gasteiger partial charge in [-0.2, -0.15) is 4.98 Å². The minimum absolute atomic E-state index is 0.0246. The van der Waals surface area contributed by atoms with Crippen molar-refractivity contribution in [3.8, 4) is 5.75 Å². The molecule has 4 rings (SSSR count). The average molecular weight is 428 g/mol. The molecule has 31 heavy (non-hydrogen) atoms. The van der Waals surface area contributed by atoms with Crippen LogP contribution in [0.2, 0.25) is 0 Å². The quantitative estimate of drug-likeness (QED) is 0.792. The van der Waals surface area contributed by atoms with Crippen LogP contribution in [0, 0.1) is 5.82 Å². The molecule has 2 aliphatic rings. The van der Waals surface area contributed by atoms with Crippen LogP contribution in [0.3, 0.4) is 0 Å². The molecule has 0 saturated heterocycles. The van der Waals surface area contributed by atoms with Crippen molar-refractivity contribution in [3.05, 3.63) is 57.0 Å². The monoisotopic (exact) mass is 427 g/mol. The number of aryl methyl sites for hydroxylation is 1. The lowest BCUT2D eigenvalue weighted by Gasteiger charge is -2.36. The standard InChI is InChI=1S/C24H30FN3O3/c1-4-16-11-17(13-18(25)12-16)24(7-5-6-8-24)14-19-26-22(30)21(29)20-23(31)27(15(2)3)9-10-28(19)20/h11-13,15,29H,4-10,14H2,1-3H3. The zero-order chi connectivity index (χ0) is 22.3. The van der Waals surface area contributed by atoms with Gasteiger partial charge < -0.3 is 14.6 Å². The summed E-state index contributed by atoms with van der Waals surface area (Å²) in [5.74, 6) is -0.683. The lowest BCUT2D eigenvalue weighted by Crippen LogP contribution is -2.46. The minimum atomic E-state index is -0.776. The van der Waals surface area contributed by atoms with Gasteiger partial charge in [0.2, 0.25) is 5.75 Å². The van der Waals surface area contributed by atoms with Crippen LogP contribution < -0.4 is 5.56 Å². The maximum absolute atomic E-state index is 14.4. The summed E-state index contributed by atoms with van der Waals surface area (Å²) >= 11 is 0. The Morgan fingerprint density at radius 1 is 1.16 bits per heavy atom. The van der Waals surface area contributed by atoms with E-state index in [1.165, 1.54) is 0 Å². The van der Waals surface area contributed by atoms with Crippen molar-refractivity contribution in [2.45, 2.75) is 77.3 Å². The lowest BCUT2D eigenvalue weighted by molar-refractivity contribution is 0.0636. The van der Waals surface area contributed by atoms with Crippen LogP contribution in [-0.2, 0) is 24.8 Å². The minimum Gasteiger partial charge on any atom is -0.501 e. The van der Waals surface area contributed by atoms with Gasteiger partial charge in [0.05, 0.1) is 0 Å². The number of rotatable bonds is 5. The second-order valence-corrected chi connectivity index (χ2v) is 9.14. The fourth-order valence-corrected chi connectivity index (χ4v) is 5.20. The Labute approximate surface area is 181 Å². The van der Waals surface area contributed by atoms with Gasteiger partial charge >= 0.3 is 5.56 Å². The number of hydrogen-bond acceptors (Lipinski definition) is 4. The molecule has 0 spiro atoms. The Kier molecular flexibility index (Phi) is 5.62. The third-order valence-corrected chi connectivity index (χ3v) is 6.93. The molecule has 0 bridgehead atoms. The van der Waals surface area contributed by atoms with Gasteiger partial charge in [-0.1, -0.05) is 25.8 Å². The topological polar surface area (TPSA) is 75.4 Å². The van der Waals surface area contributed by atoms with Crippen molar-refractivity contribution in [1.82, 2.24) is 14.5 Å². The molecule has 6 nitrogen and oxygen atoms in total. The molecule has 2 heterocycles. The molecule has 1 saturated carbocycles. The van der Waals surface area contributed by atoms with E-state index in [1.807, 2.05) is 20.8 Å². The number of carbonyl (C=O) groups is 1. The van der Waals surface area contributed by atoms with Crippen LogP contribution in [-0.4, -0.2) is 38.1 Å². The second kappa shape index (κ2) is 8.09. The van der Waals surface area contributed by atoms with E-state index in [1.54, 1.807) is 21.6 Å². The predicted molar refractivity (Wildman–Crippen MR) is 116 cm³/mol. The number of aromatic hydroxyl groups is 1. The number of carbonyl (C=O) groups excluding carboxylic acids is 1. The van der Waals surface area contributed by atoms with E-state index in [2.05, 4.69) is 11.1 Å². The van der Waals surface area contributed by atoms with E-state index in [-0.39, 0.29) is 28.9 Å². The molecule has 1 aromatic carbocycles. The van der Waals surface area contributed by atoms with Crippen molar-refractivity contribution >= 4 is 5.91 Å². The summed E-state index contributed by atoms with van der Waals surface area (Å²) in [6, 6.07) is 5.20. The smallest absolute Gasteiger partial charge is 0.315 e. The normalized spacial score (nSPS) is 18.0. The van der Waals surface area contributed by atoms with Gasteiger partial charge in [-0.3, -0.25) is 9.59 Å². The molecule has 1 aliphatic carbocycles. The largest absolute Gasteiger partial charge is 0.501 e. The number of benzene rings is 1. The van der Waals surface area contributed by atoms with Gasteiger partial charge in [0, 0.05) is 31.0 Å². The number of hydrogen-bond donors (Lipinski definition) is 1. The molecule has 1 amide bonds. The summed E-state index contributed by atoms with van der Waals surface area (Å²) in [7, 11) is 0. The number of nitrogens with zero attached hydrogens (tertiary/aromatic N) is 3. The van der Waals surface area contributed by atoms with Crippen molar-refractivity contribution in [3.63, 3.8) is 0 Å². The molecule has 7 heteroatoms. The molecular weight excluding hydrogens is 397 g/mol. The fourth-order valence-electron chi connectivity index (χ4n) is 5.20. The average Bonchev–Trinajstić information content (AvgIpc) is 3.20. The molecule has 1 N–H and O–H groups in total. The summed E-state index contributed by atoms with van der Waals surface area (Å²) in [6.07, 6.45) is 4.97. The first-order valence-electron chi connectivity index (χ1n) is 11.2. The van der Waals surface area contributed by atoms with Crippen molar-refractivity contribution in [2.24, 2.45) is 0 Å². The van der Waals surface area contributed by atoms with Crippen LogP contribution in [0.4, 0.5) is 4.39 Å². The van der Waals surface area contributed by atoms with Gasteiger partial charge in [-0.25, -0.2) is 4.39 Å². The number of fused-ring (bicyclic) bond motifs is 1. The summed E-state index contributed by atoms with van der Waals surface area (Å²) in [4.78, 5) is 31.4. The van der Waals surface area contributed by atoms with Gasteiger partial charge in [-0.15, -0.1) is 0 Å². The molecule has 1 fully saturated rings. The molecule has 166 valence electrons. The summed E-state index contributed by atoms with van der Waals surface area (Å²) in [5.41, 5.74) is 0.798. The van der Waals surface area contributed by atoms with Crippen molar-refractivity contribution in [2.75, 3.05) is 6.54 Å². The molecule has 0 atom stereocenters. The Morgan fingerprint density at radius 3 is 2.52 bits per heavy atom. The molecular formula is C24H30FN3O3. The van der Waals surface area contributed by atoms with E-state index in [4.69, 9.17) is 0 Å². The van der Waals surface area contributed by atoms with Crippen LogP contribution >= 0.6 is 0 Å². The fraction of sp³-hybridized carbons (Fsp3) is 0.542. The number of halogens is 1. The SMILES string of the molecule is CCc1cc(F)cc(C2(Cc3nc(=O)c(O)c4n3CCN(C(C)C)C4=O)CCCC2)c1. The Hall–Kier alpha value is -2.70. The Morgan fingerprint density at radius 2 is 1.87 bits per heavy atom. The van der Waals surface area contributed by atoms with E-state index >= 15 is 0 Å². The van der Waals surface area contributed by atoms with Gasteiger partial charge in [-0.05, 0) is 56.4 Å². The van der Waals surface area contributed by atoms with Gasteiger partial charge in [0.15, 0.2) is 5.69 Å². The Balaban J connectivity index is 1.82. The van der Waals surface area contributed by atoms with Crippen molar-refractivity contribution in [1.29, 1.82) is 0 Å². The maximum Gasteiger partial charge on any atom is 0.315 e. The highest BCUT2D eigenvalue weighted by molar-refractivity contribution is 5.95. The summed E-state index contributed by atoms with van der Waals surface area (Å²) in [5, 5.41) is 10.4. The zero-order valence-corrected chi connectivity index (χ0v) is 18.4. The molecule has 2 aromatic rings. The first kappa shape index (κ1) is 21.5. The van der Waals surface area contributed by atoms with Gasteiger partial charge in [0.25, 0.3) is 5.91 Å². The van der Waals surface area contributed by atoms with Crippen LogP contribution in [0.25, 0.3) is 0 Å².